The first-order chi connectivity index (χ1) is 12.1. The second-order valence-corrected chi connectivity index (χ2v) is 7.03. The highest BCUT2D eigenvalue weighted by Gasteiger charge is 2.34. The summed E-state index contributed by atoms with van der Waals surface area (Å²) >= 11 is 0. The molecule has 2 saturated heterocycles. The fourth-order valence-corrected chi connectivity index (χ4v) is 3.62. The minimum atomic E-state index is -0.448. The smallest absolute Gasteiger partial charge is 0.410 e. The SMILES string of the molecule is COC(=O)N1CCCC1C(=O)Nc1ccc(N2CCC(C)CC2)cc1. The normalized spacial score (nSPS) is 21.3. The van der Waals surface area contributed by atoms with Crippen molar-refractivity contribution in [3.63, 3.8) is 0 Å². The molecule has 0 spiro atoms. The van der Waals surface area contributed by atoms with Crippen molar-refractivity contribution in [3.05, 3.63) is 24.3 Å². The second-order valence-electron chi connectivity index (χ2n) is 7.03. The number of likely N-dealkylation sites (tertiary alicyclic amines) is 1. The number of hydrogen-bond donors (Lipinski definition) is 1. The first kappa shape index (κ1) is 17.6. The Kier molecular flexibility index (Phi) is 5.46. The molecule has 6 nitrogen and oxygen atoms in total. The zero-order valence-electron chi connectivity index (χ0n) is 15.0. The van der Waals surface area contributed by atoms with E-state index in [1.165, 1.54) is 30.5 Å². The third-order valence-corrected chi connectivity index (χ3v) is 5.25. The maximum Gasteiger partial charge on any atom is 0.410 e. The van der Waals surface area contributed by atoms with Crippen LogP contribution in [0.3, 0.4) is 0 Å². The van der Waals surface area contributed by atoms with E-state index in [-0.39, 0.29) is 5.91 Å². The third-order valence-electron chi connectivity index (χ3n) is 5.25. The molecule has 136 valence electrons. The second kappa shape index (κ2) is 7.76. The van der Waals surface area contributed by atoms with E-state index >= 15 is 0 Å². The van der Waals surface area contributed by atoms with E-state index in [4.69, 9.17) is 4.74 Å². The van der Waals surface area contributed by atoms with Crippen LogP contribution in [0.5, 0.6) is 0 Å². The number of anilines is 2. The molecule has 1 unspecified atom stereocenters. The Hall–Kier alpha value is -2.24. The van der Waals surface area contributed by atoms with Crippen LogP contribution in [0.25, 0.3) is 0 Å². The molecule has 1 aromatic rings. The van der Waals surface area contributed by atoms with E-state index in [1.54, 1.807) is 0 Å². The van der Waals surface area contributed by atoms with Crippen molar-refractivity contribution in [1.82, 2.24) is 4.90 Å². The van der Waals surface area contributed by atoms with Gasteiger partial charge in [0.1, 0.15) is 6.04 Å². The molecule has 0 bridgehead atoms. The van der Waals surface area contributed by atoms with Crippen LogP contribution >= 0.6 is 0 Å². The van der Waals surface area contributed by atoms with Crippen LogP contribution < -0.4 is 10.2 Å². The molecular formula is C19H27N3O3. The fraction of sp³-hybridized carbons (Fsp3) is 0.579. The first-order valence-corrected chi connectivity index (χ1v) is 9.09. The highest BCUT2D eigenvalue weighted by atomic mass is 16.5. The zero-order chi connectivity index (χ0) is 17.8. The zero-order valence-corrected chi connectivity index (χ0v) is 15.0. The van der Waals surface area contributed by atoms with Crippen LogP contribution in [0.15, 0.2) is 24.3 Å². The lowest BCUT2D eigenvalue weighted by atomic mass is 9.99. The average molecular weight is 345 g/mol. The van der Waals surface area contributed by atoms with Crippen molar-refractivity contribution < 1.29 is 14.3 Å². The molecule has 25 heavy (non-hydrogen) atoms. The van der Waals surface area contributed by atoms with Crippen LogP contribution in [0.2, 0.25) is 0 Å². The lowest BCUT2D eigenvalue weighted by Gasteiger charge is -2.32. The Bertz CT molecular complexity index is 609. The van der Waals surface area contributed by atoms with Gasteiger partial charge in [-0.25, -0.2) is 4.79 Å². The molecule has 6 heteroatoms. The molecule has 2 heterocycles. The minimum absolute atomic E-state index is 0.151. The highest BCUT2D eigenvalue weighted by molar-refractivity contribution is 5.97. The molecule has 2 amide bonds. The summed E-state index contributed by atoms with van der Waals surface area (Å²) in [7, 11) is 1.34. The third kappa shape index (κ3) is 4.06. The van der Waals surface area contributed by atoms with Crippen molar-refractivity contribution in [1.29, 1.82) is 0 Å². The number of benzene rings is 1. The van der Waals surface area contributed by atoms with Gasteiger partial charge in [0.2, 0.25) is 5.91 Å². The molecule has 0 saturated carbocycles. The number of carbonyl (C=O) groups excluding carboxylic acids is 2. The standard InChI is InChI=1S/C19H27N3O3/c1-14-9-12-21(13-10-14)16-7-5-15(6-8-16)20-18(23)17-4-3-11-22(17)19(24)25-2/h5-8,14,17H,3-4,9-13H2,1-2H3,(H,20,23). The number of nitrogens with zero attached hydrogens (tertiary/aromatic N) is 2. The summed E-state index contributed by atoms with van der Waals surface area (Å²) in [5, 5.41) is 2.92. The van der Waals surface area contributed by atoms with Crippen molar-refractivity contribution >= 4 is 23.4 Å². The quantitative estimate of drug-likeness (QED) is 0.914. The molecule has 0 aromatic heterocycles. The summed E-state index contributed by atoms with van der Waals surface area (Å²) < 4.78 is 4.76. The van der Waals surface area contributed by atoms with Gasteiger partial charge in [0.15, 0.2) is 0 Å². The number of amides is 2. The molecular weight excluding hydrogens is 318 g/mol. The molecule has 2 aliphatic heterocycles. The van der Waals surface area contributed by atoms with Gasteiger partial charge < -0.3 is 15.0 Å². The first-order valence-electron chi connectivity index (χ1n) is 9.09. The van der Waals surface area contributed by atoms with Crippen molar-refractivity contribution in [3.8, 4) is 0 Å². The Labute approximate surface area is 149 Å². The lowest BCUT2D eigenvalue weighted by Crippen LogP contribution is -2.43. The monoisotopic (exact) mass is 345 g/mol. The number of piperidine rings is 1. The molecule has 1 atom stereocenters. The fourth-order valence-electron chi connectivity index (χ4n) is 3.62. The van der Waals surface area contributed by atoms with Gasteiger partial charge in [-0.05, 0) is 55.9 Å². The van der Waals surface area contributed by atoms with E-state index in [2.05, 4.69) is 29.3 Å². The maximum absolute atomic E-state index is 12.5. The van der Waals surface area contributed by atoms with E-state index in [1.807, 2.05) is 12.1 Å². The summed E-state index contributed by atoms with van der Waals surface area (Å²) in [4.78, 5) is 28.1. The largest absolute Gasteiger partial charge is 0.453 e. The number of nitrogens with one attached hydrogen (secondary N) is 1. The number of ether oxygens (including phenoxy) is 1. The van der Waals surface area contributed by atoms with Crippen LogP contribution in [0.4, 0.5) is 16.2 Å². The van der Waals surface area contributed by atoms with E-state index in [9.17, 15) is 9.59 Å². The Morgan fingerprint density at radius 1 is 1.08 bits per heavy atom. The maximum atomic E-state index is 12.5. The molecule has 0 radical (unpaired) electrons. The summed E-state index contributed by atoms with van der Waals surface area (Å²) in [5.74, 6) is 0.654. The van der Waals surface area contributed by atoms with Crippen LogP contribution in [-0.4, -0.2) is 49.7 Å². The highest BCUT2D eigenvalue weighted by Crippen LogP contribution is 2.25. The Morgan fingerprint density at radius 3 is 2.40 bits per heavy atom. The summed E-state index contributed by atoms with van der Waals surface area (Å²) in [5.41, 5.74) is 1.96. The van der Waals surface area contributed by atoms with E-state index < -0.39 is 12.1 Å². The Balaban J connectivity index is 1.59. The van der Waals surface area contributed by atoms with Crippen molar-refractivity contribution in [2.24, 2.45) is 5.92 Å². The topological polar surface area (TPSA) is 61.9 Å². The van der Waals surface area contributed by atoms with Gasteiger partial charge in [0, 0.05) is 31.0 Å². The Morgan fingerprint density at radius 2 is 1.76 bits per heavy atom. The number of carbonyl (C=O) groups is 2. The van der Waals surface area contributed by atoms with Gasteiger partial charge in [-0.2, -0.15) is 0 Å². The van der Waals surface area contributed by atoms with Crippen molar-refractivity contribution in [2.75, 3.05) is 37.0 Å². The number of rotatable bonds is 3. The van der Waals surface area contributed by atoms with Crippen LogP contribution in [0, 0.1) is 5.92 Å². The molecule has 1 N–H and O–H groups in total. The van der Waals surface area contributed by atoms with E-state index in [0.29, 0.717) is 13.0 Å². The average Bonchev–Trinajstić information content (AvgIpc) is 3.12. The van der Waals surface area contributed by atoms with E-state index in [0.717, 1.165) is 31.1 Å². The van der Waals surface area contributed by atoms with Gasteiger partial charge in [0.25, 0.3) is 0 Å². The van der Waals surface area contributed by atoms with Gasteiger partial charge in [-0.15, -0.1) is 0 Å². The van der Waals surface area contributed by atoms with Crippen LogP contribution in [0.1, 0.15) is 32.6 Å². The summed E-state index contributed by atoms with van der Waals surface area (Å²) in [6.45, 7) is 5.04. The predicted molar refractivity (Wildman–Crippen MR) is 97.8 cm³/mol. The molecule has 1 aromatic carbocycles. The summed E-state index contributed by atoms with van der Waals surface area (Å²) in [6.07, 6.45) is 3.50. The number of hydrogen-bond acceptors (Lipinski definition) is 4. The summed E-state index contributed by atoms with van der Waals surface area (Å²) in [6, 6.07) is 7.53. The van der Waals surface area contributed by atoms with Crippen molar-refractivity contribution in [2.45, 2.75) is 38.6 Å². The van der Waals surface area contributed by atoms with Gasteiger partial charge in [0.05, 0.1) is 7.11 Å². The van der Waals surface area contributed by atoms with Gasteiger partial charge in [-0.3, -0.25) is 9.69 Å². The lowest BCUT2D eigenvalue weighted by molar-refractivity contribution is -0.119. The predicted octanol–water partition coefficient (Wildman–Crippen LogP) is 3.09. The number of methoxy groups -OCH3 is 1. The minimum Gasteiger partial charge on any atom is -0.453 e. The molecule has 0 aliphatic carbocycles. The molecule has 2 fully saturated rings. The molecule has 2 aliphatic rings. The van der Waals surface area contributed by atoms with Crippen LogP contribution in [-0.2, 0) is 9.53 Å². The van der Waals surface area contributed by atoms with Gasteiger partial charge in [-0.1, -0.05) is 6.92 Å². The molecule has 3 rings (SSSR count). The van der Waals surface area contributed by atoms with Gasteiger partial charge >= 0.3 is 6.09 Å².